The Morgan fingerprint density at radius 3 is 2.58 bits per heavy atom. The Hall–Kier alpha value is -1.59. The molecule has 24 heavy (non-hydrogen) atoms. The van der Waals surface area contributed by atoms with Gasteiger partial charge in [0.15, 0.2) is 0 Å². The predicted molar refractivity (Wildman–Crippen MR) is 98.7 cm³/mol. The monoisotopic (exact) mass is 363 g/mol. The number of carbonyl (C=O) groups excluding carboxylic acids is 1. The number of nitrogens with zero attached hydrogens (tertiary/aromatic N) is 2. The lowest BCUT2D eigenvalue weighted by atomic mass is 10.1. The number of carbonyl (C=O) groups is 1. The average molecular weight is 364 g/mol. The molecule has 4 nitrogen and oxygen atoms in total. The van der Waals surface area contributed by atoms with Crippen molar-refractivity contribution < 1.29 is 4.79 Å². The summed E-state index contributed by atoms with van der Waals surface area (Å²) in [5.41, 5.74) is 1.65. The first-order valence-corrected chi connectivity index (χ1v) is 9.27. The van der Waals surface area contributed by atoms with Gasteiger partial charge in [-0.15, -0.1) is 11.3 Å². The zero-order valence-corrected chi connectivity index (χ0v) is 16.0. The van der Waals surface area contributed by atoms with Crippen LogP contribution in [-0.2, 0) is 5.54 Å². The van der Waals surface area contributed by atoms with Gasteiger partial charge in [-0.3, -0.25) is 0 Å². The van der Waals surface area contributed by atoms with Gasteiger partial charge in [0, 0.05) is 16.9 Å². The van der Waals surface area contributed by atoms with Crippen molar-refractivity contribution in [2.75, 3.05) is 7.05 Å². The highest BCUT2D eigenvalue weighted by atomic mass is 35.5. The molecular formula is C18H22ClN3OS. The lowest BCUT2D eigenvalue weighted by Crippen LogP contribution is -2.44. The van der Waals surface area contributed by atoms with Crippen LogP contribution in [0.3, 0.4) is 0 Å². The number of hydrogen-bond acceptors (Lipinski definition) is 3. The van der Waals surface area contributed by atoms with E-state index in [0.717, 1.165) is 34.0 Å². The molecule has 0 spiro atoms. The number of urea groups is 1. The van der Waals surface area contributed by atoms with Crippen LogP contribution in [-0.4, -0.2) is 23.0 Å². The van der Waals surface area contributed by atoms with Crippen LogP contribution >= 0.6 is 22.9 Å². The highest BCUT2D eigenvalue weighted by Gasteiger charge is 2.47. The van der Waals surface area contributed by atoms with Gasteiger partial charge in [-0.05, 0) is 45.2 Å². The topological polar surface area (TPSA) is 45.2 Å². The number of rotatable bonds is 4. The van der Waals surface area contributed by atoms with Crippen LogP contribution in [0.1, 0.15) is 46.9 Å². The average Bonchev–Trinajstić information content (AvgIpc) is 3.23. The molecule has 0 unspecified atom stereocenters. The second-order valence-corrected chi connectivity index (χ2v) is 8.27. The quantitative estimate of drug-likeness (QED) is 0.847. The standard InChI is InChI=1S/C18H22ClN3OS/c1-11(16-12(2)24-13(3)20-16)22(4)17(23)21-18(9-10-18)14-7-5-6-8-15(14)19/h5-8,11H,9-10H2,1-4H3,(H,21,23)/t11-/m0/s1. The molecule has 1 fully saturated rings. The smallest absolute Gasteiger partial charge is 0.318 e. The third-order valence-electron chi connectivity index (χ3n) is 4.72. The number of hydrogen-bond donors (Lipinski definition) is 1. The minimum atomic E-state index is -0.323. The van der Waals surface area contributed by atoms with E-state index in [1.165, 1.54) is 0 Å². The van der Waals surface area contributed by atoms with Gasteiger partial charge >= 0.3 is 6.03 Å². The second kappa shape index (κ2) is 6.37. The van der Waals surface area contributed by atoms with Crippen LogP contribution in [0.4, 0.5) is 4.79 Å². The molecule has 0 radical (unpaired) electrons. The number of nitrogens with one attached hydrogen (secondary N) is 1. The Kier molecular flexibility index (Phi) is 4.58. The Morgan fingerprint density at radius 1 is 1.38 bits per heavy atom. The molecule has 0 saturated heterocycles. The minimum Gasteiger partial charge on any atom is -0.328 e. The summed E-state index contributed by atoms with van der Waals surface area (Å²) in [7, 11) is 1.82. The molecule has 2 aromatic rings. The van der Waals surface area contributed by atoms with Crippen molar-refractivity contribution in [3.05, 3.63) is 50.4 Å². The molecule has 2 amide bonds. The highest BCUT2D eigenvalue weighted by molar-refractivity contribution is 7.11. The van der Waals surface area contributed by atoms with Crippen LogP contribution < -0.4 is 5.32 Å². The minimum absolute atomic E-state index is 0.0722. The van der Waals surface area contributed by atoms with Gasteiger partial charge in [-0.2, -0.15) is 0 Å². The van der Waals surface area contributed by atoms with Crippen molar-refractivity contribution in [3.63, 3.8) is 0 Å². The van der Waals surface area contributed by atoms with E-state index in [2.05, 4.69) is 10.3 Å². The van der Waals surface area contributed by atoms with Gasteiger partial charge in [0.1, 0.15) is 0 Å². The number of halogens is 1. The van der Waals surface area contributed by atoms with Crippen LogP contribution in [0, 0.1) is 13.8 Å². The Labute approximate surface area is 151 Å². The zero-order valence-electron chi connectivity index (χ0n) is 14.4. The first-order valence-electron chi connectivity index (χ1n) is 8.08. The maximum atomic E-state index is 12.8. The summed E-state index contributed by atoms with van der Waals surface area (Å²) in [4.78, 5) is 20.2. The number of thiazole rings is 1. The summed E-state index contributed by atoms with van der Waals surface area (Å²) in [6.45, 7) is 6.05. The van der Waals surface area contributed by atoms with E-state index in [-0.39, 0.29) is 17.6 Å². The molecule has 1 N–H and O–H groups in total. The highest BCUT2D eigenvalue weighted by Crippen LogP contribution is 2.48. The molecular weight excluding hydrogens is 342 g/mol. The summed E-state index contributed by atoms with van der Waals surface area (Å²) >= 11 is 7.98. The third-order valence-corrected chi connectivity index (χ3v) is 5.95. The lowest BCUT2D eigenvalue weighted by molar-refractivity contribution is 0.188. The predicted octanol–water partition coefficient (Wildman–Crippen LogP) is 4.81. The molecule has 1 aromatic carbocycles. The first kappa shape index (κ1) is 17.2. The molecule has 6 heteroatoms. The summed E-state index contributed by atoms with van der Waals surface area (Å²) in [5, 5.41) is 4.91. The van der Waals surface area contributed by atoms with Gasteiger partial charge in [-0.25, -0.2) is 9.78 Å². The number of amides is 2. The molecule has 1 aromatic heterocycles. The van der Waals surface area contributed by atoms with Crippen LogP contribution in [0.15, 0.2) is 24.3 Å². The molecule has 3 rings (SSSR count). The number of benzene rings is 1. The third kappa shape index (κ3) is 3.15. The molecule has 128 valence electrons. The fourth-order valence-electron chi connectivity index (χ4n) is 3.02. The molecule has 1 aliphatic carbocycles. The fourth-order valence-corrected chi connectivity index (χ4v) is 4.25. The van der Waals surface area contributed by atoms with E-state index in [9.17, 15) is 4.79 Å². The van der Waals surface area contributed by atoms with Crippen LogP contribution in [0.2, 0.25) is 5.02 Å². The lowest BCUT2D eigenvalue weighted by Gasteiger charge is -2.28. The van der Waals surface area contributed by atoms with Crippen molar-refractivity contribution in [3.8, 4) is 0 Å². The van der Waals surface area contributed by atoms with E-state index < -0.39 is 0 Å². The molecule has 0 bridgehead atoms. The Balaban J connectivity index is 1.75. The van der Waals surface area contributed by atoms with Crippen molar-refractivity contribution >= 4 is 29.0 Å². The molecule has 1 aliphatic rings. The van der Waals surface area contributed by atoms with Gasteiger partial charge in [-0.1, -0.05) is 29.8 Å². The molecule has 1 heterocycles. The van der Waals surface area contributed by atoms with Gasteiger partial charge in [0.2, 0.25) is 0 Å². The van der Waals surface area contributed by atoms with Crippen LogP contribution in [0.5, 0.6) is 0 Å². The zero-order chi connectivity index (χ0) is 17.5. The normalized spacial score (nSPS) is 16.5. The van der Waals surface area contributed by atoms with Crippen molar-refractivity contribution in [2.24, 2.45) is 0 Å². The molecule has 0 aliphatic heterocycles. The van der Waals surface area contributed by atoms with Gasteiger partial charge < -0.3 is 10.2 Å². The fraction of sp³-hybridized carbons (Fsp3) is 0.444. The largest absolute Gasteiger partial charge is 0.328 e. The van der Waals surface area contributed by atoms with E-state index in [0.29, 0.717) is 5.02 Å². The van der Waals surface area contributed by atoms with Crippen molar-refractivity contribution in [1.29, 1.82) is 0 Å². The SMILES string of the molecule is Cc1nc([C@H](C)N(C)C(=O)NC2(c3ccccc3Cl)CC2)c(C)s1. The van der Waals surface area contributed by atoms with Crippen LogP contribution in [0.25, 0.3) is 0 Å². The Bertz CT molecular complexity index is 769. The first-order chi connectivity index (χ1) is 11.3. The second-order valence-electron chi connectivity index (χ2n) is 6.45. The number of aromatic nitrogens is 1. The Morgan fingerprint density at radius 2 is 2.04 bits per heavy atom. The summed E-state index contributed by atoms with van der Waals surface area (Å²) in [5.74, 6) is 0. The van der Waals surface area contributed by atoms with Crippen molar-refractivity contribution in [2.45, 2.75) is 45.2 Å². The van der Waals surface area contributed by atoms with E-state index >= 15 is 0 Å². The summed E-state index contributed by atoms with van der Waals surface area (Å²) in [6.07, 6.45) is 1.83. The van der Waals surface area contributed by atoms with Gasteiger partial charge in [0.05, 0.1) is 22.3 Å². The maximum Gasteiger partial charge on any atom is 0.318 e. The summed E-state index contributed by atoms with van der Waals surface area (Å²) in [6, 6.07) is 7.57. The molecule has 1 atom stereocenters. The van der Waals surface area contributed by atoms with Gasteiger partial charge in [0.25, 0.3) is 0 Å². The van der Waals surface area contributed by atoms with E-state index in [4.69, 9.17) is 11.6 Å². The summed E-state index contributed by atoms with van der Waals surface area (Å²) < 4.78 is 0. The van der Waals surface area contributed by atoms with E-state index in [1.807, 2.05) is 52.1 Å². The molecule has 1 saturated carbocycles. The van der Waals surface area contributed by atoms with E-state index in [1.54, 1.807) is 16.2 Å². The number of aryl methyl sites for hydroxylation is 2. The van der Waals surface area contributed by atoms with Crippen molar-refractivity contribution in [1.82, 2.24) is 15.2 Å². The maximum absolute atomic E-state index is 12.8.